The number of carbonyl (C=O) groups is 1. The average molecular weight is 156 g/mol. The summed E-state index contributed by atoms with van der Waals surface area (Å²) >= 11 is 0. The third kappa shape index (κ3) is 1.64. The fourth-order valence-corrected chi connectivity index (χ4v) is 1.67. The van der Waals surface area contributed by atoms with Crippen LogP contribution in [-0.2, 0) is 0 Å². The van der Waals surface area contributed by atoms with Crippen LogP contribution in [0.4, 0.5) is 4.79 Å². The number of likely N-dealkylation sites (tertiary alicyclic amines) is 1. The van der Waals surface area contributed by atoms with Gasteiger partial charge in [0.05, 0.1) is 0 Å². The van der Waals surface area contributed by atoms with Gasteiger partial charge < -0.3 is 10.2 Å². The molecule has 1 heterocycles. The Morgan fingerprint density at radius 1 is 1.73 bits per heavy atom. The second kappa shape index (κ2) is 3.60. The van der Waals surface area contributed by atoms with Gasteiger partial charge in [0, 0.05) is 19.6 Å². The molecule has 1 atom stereocenters. The van der Waals surface area contributed by atoms with Gasteiger partial charge in [0.15, 0.2) is 0 Å². The first-order valence-corrected chi connectivity index (χ1v) is 4.28. The van der Waals surface area contributed by atoms with Gasteiger partial charge in [-0.25, -0.2) is 4.79 Å². The topological polar surface area (TPSA) is 32.3 Å². The Morgan fingerprint density at radius 3 is 3.00 bits per heavy atom. The Kier molecular flexibility index (Phi) is 2.74. The Labute approximate surface area is 67.8 Å². The number of nitrogens with one attached hydrogen (secondary N) is 1. The van der Waals surface area contributed by atoms with Crippen molar-refractivity contribution in [1.82, 2.24) is 10.2 Å². The van der Waals surface area contributed by atoms with E-state index in [1.807, 2.05) is 4.90 Å². The van der Waals surface area contributed by atoms with Gasteiger partial charge in [0.25, 0.3) is 0 Å². The van der Waals surface area contributed by atoms with E-state index < -0.39 is 0 Å². The van der Waals surface area contributed by atoms with Gasteiger partial charge in [0.1, 0.15) is 0 Å². The molecule has 1 fully saturated rings. The zero-order chi connectivity index (χ0) is 8.27. The minimum atomic E-state index is 0.0781. The third-order valence-electron chi connectivity index (χ3n) is 2.32. The monoisotopic (exact) mass is 156 g/mol. The van der Waals surface area contributed by atoms with Crippen LogP contribution in [0.3, 0.4) is 0 Å². The highest BCUT2D eigenvalue weighted by molar-refractivity contribution is 5.74. The van der Waals surface area contributed by atoms with Crippen molar-refractivity contribution in [2.24, 2.45) is 0 Å². The fourth-order valence-electron chi connectivity index (χ4n) is 1.67. The Balaban J connectivity index is 2.49. The molecule has 0 saturated carbocycles. The molecule has 2 amide bonds. The Morgan fingerprint density at radius 2 is 2.45 bits per heavy atom. The first-order valence-electron chi connectivity index (χ1n) is 4.28. The van der Waals surface area contributed by atoms with Crippen LogP contribution in [0.2, 0.25) is 0 Å². The van der Waals surface area contributed by atoms with Crippen LogP contribution < -0.4 is 5.32 Å². The summed E-state index contributed by atoms with van der Waals surface area (Å²) in [7, 11) is 1.69. The molecule has 0 aromatic rings. The fraction of sp³-hybridized carbons (Fsp3) is 0.875. The van der Waals surface area contributed by atoms with Crippen molar-refractivity contribution in [3.05, 3.63) is 0 Å². The normalized spacial score (nSPS) is 23.8. The molecule has 64 valence electrons. The highest BCUT2D eigenvalue weighted by atomic mass is 16.2. The summed E-state index contributed by atoms with van der Waals surface area (Å²) in [5, 5.41) is 2.66. The van der Waals surface area contributed by atoms with E-state index in [-0.39, 0.29) is 6.03 Å². The lowest BCUT2D eigenvalue weighted by molar-refractivity contribution is 0.193. The quantitative estimate of drug-likeness (QED) is 0.608. The van der Waals surface area contributed by atoms with Crippen LogP contribution in [0.25, 0.3) is 0 Å². The minimum Gasteiger partial charge on any atom is -0.341 e. The van der Waals surface area contributed by atoms with Crippen molar-refractivity contribution in [3.8, 4) is 0 Å². The zero-order valence-electron chi connectivity index (χ0n) is 7.26. The lowest BCUT2D eigenvalue weighted by Gasteiger charge is -2.22. The van der Waals surface area contributed by atoms with Gasteiger partial charge in [-0.2, -0.15) is 0 Å². The number of rotatable bonds is 1. The van der Waals surface area contributed by atoms with Gasteiger partial charge in [-0.15, -0.1) is 0 Å². The van der Waals surface area contributed by atoms with E-state index in [1.54, 1.807) is 7.05 Å². The van der Waals surface area contributed by atoms with E-state index in [0.29, 0.717) is 6.04 Å². The summed E-state index contributed by atoms with van der Waals surface area (Å²) in [4.78, 5) is 13.1. The lowest BCUT2D eigenvalue weighted by atomic mass is 10.2. The van der Waals surface area contributed by atoms with Crippen molar-refractivity contribution in [2.45, 2.75) is 32.2 Å². The van der Waals surface area contributed by atoms with E-state index in [1.165, 1.54) is 6.42 Å². The van der Waals surface area contributed by atoms with Crippen molar-refractivity contribution in [3.63, 3.8) is 0 Å². The second-order valence-electron chi connectivity index (χ2n) is 2.95. The predicted molar refractivity (Wildman–Crippen MR) is 44.5 cm³/mol. The number of carbonyl (C=O) groups excluding carboxylic acids is 1. The molecule has 0 radical (unpaired) electrons. The highest BCUT2D eigenvalue weighted by Crippen LogP contribution is 2.19. The summed E-state index contributed by atoms with van der Waals surface area (Å²) in [5.74, 6) is 0. The van der Waals surface area contributed by atoms with Crippen molar-refractivity contribution in [1.29, 1.82) is 0 Å². The highest BCUT2D eigenvalue weighted by Gasteiger charge is 2.25. The van der Waals surface area contributed by atoms with Crippen molar-refractivity contribution < 1.29 is 4.79 Å². The van der Waals surface area contributed by atoms with Crippen LogP contribution in [0, 0.1) is 0 Å². The number of hydrogen-bond donors (Lipinski definition) is 1. The molecule has 1 rings (SSSR count). The first-order chi connectivity index (χ1) is 5.29. The predicted octanol–water partition coefficient (Wildman–Crippen LogP) is 1.20. The molecule has 1 N–H and O–H groups in total. The van der Waals surface area contributed by atoms with Crippen LogP contribution in [0.15, 0.2) is 0 Å². The van der Waals surface area contributed by atoms with Gasteiger partial charge in [-0.1, -0.05) is 6.92 Å². The number of amides is 2. The van der Waals surface area contributed by atoms with Crippen LogP contribution in [0.1, 0.15) is 26.2 Å². The number of nitrogens with zero attached hydrogens (tertiary/aromatic N) is 1. The number of hydrogen-bond acceptors (Lipinski definition) is 1. The van der Waals surface area contributed by atoms with Crippen LogP contribution in [0.5, 0.6) is 0 Å². The second-order valence-corrected chi connectivity index (χ2v) is 2.95. The third-order valence-corrected chi connectivity index (χ3v) is 2.32. The Hall–Kier alpha value is -0.730. The molecule has 11 heavy (non-hydrogen) atoms. The SMILES string of the molecule is CCC1CCCN1C(=O)NC. The summed E-state index contributed by atoms with van der Waals surface area (Å²) < 4.78 is 0. The first kappa shape index (κ1) is 8.37. The molecule has 0 aliphatic carbocycles. The lowest BCUT2D eigenvalue weighted by Crippen LogP contribution is -2.40. The molecule has 1 saturated heterocycles. The zero-order valence-corrected chi connectivity index (χ0v) is 7.26. The molecule has 3 nitrogen and oxygen atoms in total. The van der Waals surface area contributed by atoms with E-state index in [0.717, 1.165) is 19.4 Å². The molecule has 0 bridgehead atoms. The van der Waals surface area contributed by atoms with E-state index in [4.69, 9.17) is 0 Å². The molecule has 1 unspecified atom stereocenters. The van der Waals surface area contributed by atoms with Crippen molar-refractivity contribution in [2.75, 3.05) is 13.6 Å². The molecule has 1 aliphatic heterocycles. The molecule has 0 aromatic carbocycles. The van der Waals surface area contributed by atoms with E-state index >= 15 is 0 Å². The molecule has 0 spiro atoms. The van der Waals surface area contributed by atoms with Gasteiger partial charge in [-0.05, 0) is 19.3 Å². The molecular weight excluding hydrogens is 140 g/mol. The minimum absolute atomic E-state index is 0.0781. The largest absolute Gasteiger partial charge is 0.341 e. The smallest absolute Gasteiger partial charge is 0.317 e. The summed E-state index contributed by atoms with van der Waals surface area (Å²) in [6.07, 6.45) is 3.41. The maximum Gasteiger partial charge on any atom is 0.317 e. The summed E-state index contributed by atoms with van der Waals surface area (Å²) in [5.41, 5.74) is 0. The summed E-state index contributed by atoms with van der Waals surface area (Å²) in [6, 6.07) is 0.560. The molecule has 0 aromatic heterocycles. The number of urea groups is 1. The van der Waals surface area contributed by atoms with Crippen LogP contribution in [-0.4, -0.2) is 30.6 Å². The molecule has 3 heteroatoms. The van der Waals surface area contributed by atoms with Gasteiger partial charge >= 0.3 is 6.03 Å². The maximum atomic E-state index is 11.2. The summed E-state index contributed by atoms with van der Waals surface area (Å²) in [6.45, 7) is 3.06. The van der Waals surface area contributed by atoms with Crippen molar-refractivity contribution >= 4 is 6.03 Å². The van der Waals surface area contributed by atoms with Gasteiger partial charge in [0.2, 0.25) is 0 Å². The standard InChI is InChI=1S/C8H16N2O/c1-3-7-5-4-6-10(7)8(11)9-2/h7H,3-6H2,1-2H3,(H,9,11). The Bertz CT molecular complexity index is 147. The van der Waals surface area contributed by atoms with E-state index in [9.17, 15) is 4.79 Å². The van der Waals surface area contributed by atoms with Gasteiger partial charge in [-0.3, -0.25) is 0 Å². The molecular formula is C8H16N2O. The average Bonchev–Trinajstić information content (AvgIpc) is 2.50. The maximum absolute atomic E-state index is 11.2. The molecule has 1 aliphatic rings. The van der Waals surface area contributed by atoms with E-state index in [2.05, 4.69) is 12.2 Å². The van der Waals surface area contributed by atoms with Crippen LogP contribution >= 0.6 is 0 Å².